The molecule has 3 rings (SSSR count). The number of nitro benzene ring substituents is 2. The molecule has 33 heteroatoms. The zero-order valence-electron chi connectivity index (χ0n) is 50.7. The van der Waals surface area contributed by atoms with Gasteiger partial charge in [-0.2, -0.15) is 13.8 Å². The summed E-state index contributed by atoms with van der Waals surface area (Å²) in [5.41, 5.74) is 6.45. The molecule has 2 N–H and O–H groups in total. The Kier molecular flexibility index (Phi) is 213. The first-order valence-electron chi connectivity index (χ1n) is 20.7. The average molecular weight is 2480 g/mol. The second-order valence-corrected chi connectivity index (χ2v) is 74.0. The van der Waals surface area contributed by atoms with Crippen LogP contribution in [-0.2, 0) is 46.9 Å². The van der Waals surface area contributed by atoms with Gasteiger partial charge in [-0.3, -0.25) is 25.0 Å². The molecule has 453 valence electrons. The molecule has 0 aromatic heterocycles. The van der Waals surface area contributed by atoms with Crippen LogP contribution in [0.25, 0.3) is 0 Å². The Morgan fingerprint density at radius 2 is 0.885 bits per heavy atom. The summed E-state index contributed by atoms with van der Waals surface area (Å²) >= 11 is 19.0. The van der Waals surface area contributed by atoms with Crippen LogP contribution >= 0.6 is 198 Å². The Hall–Kier alpha value is 8.67. The number of non-ortho nitro benzene ring substituents is 2. The number of alkyl halides is 3. The van der Waals surface area contributed by atoms with E-state index in [4.69, 9.17) is 15.8 Å². The molecule has 78 heavy (non-hydrogen) atoms. The third-order valence-electron chi connectivity index (χ3n) is 3.27. The third kappa shape index (κ3) is 284. The van der Waals surface area contributed by atoms with Gasteiger partial charge in [-0.25, -0.2) is 0 Å². The number of nitrogens with two attached hydrogens (primary N) is 1. The first-order chi connectivity index (χ1) is 33.6. The van der Waals surface area contributed by atoms with Crippen LogP contribution in [0.4, 0.5) is 17.1 Å². The molecule has 0 saturated heterocycles. The number of para-hydroxylation sites is 3. The van der Waals surface area contributed by atoms with Crippen LogP contribution in [0.5, 0.6) is 0 Å². The van der Waals surface area contributed by atoms with Gasteiger partial charge in [0.15, 0.2) is 6.66 Å². The van der Waals surface area contributed by atoms with Gasteiger partial charge in [-0.15, -0.1) is 4.52 Å². The van der Waals surface area contributed by atoms with E-state index < -0.39 is 40.0 Å². The van der Waals surface area contributed by atoms with Crippen LogP contribution in [-0.4, -0.2) is 119 Å². The first-order valence-corrected chi connectivity index (χ1v) is 58.0. The van der Waals surface area contributed by atoms with Crippen LogP contribution in [0.3, 0.4) is 0 Å². The van der Waals surface area contributed by atoms with Gasteiger partial charge in [0.1, 0.15) is 13.3 Å². The van der Waals surface area contributed by atoms with Crippen molar-refractivity contribution in [1.82, 2.24) is 0 Å². The minimum absolute atomic E-state index is 0. The smallest absolute Gasteiger partial charge is 2.00 e. The maximum Gasteiger partial charge on any atom is 2.00 e. The molecule has 1 atom stereocenters. The Labute approximate surface area is 731 Å². The molecule has 3 aromatic carbocycles. The molecule has 0 aliphatic rings. The van der Waals surface area contributed by atoms with E-state index in [0.717, 1.165) is 9.61 Å². The molecule has 0 aliphatic carbocycles. The maximum atomic E-state index is 10.2. The molecule has 15 nitrogen and oxygen atoms in total. The molecule has 0 saturated carbocycles. The normalized spacial score (nSPS) is 7.76. The van der Waals surface area contributed by atoms with E-state index in [2.05, 4.69) is 226 Å². The van der Waals surface area contributed by atoms with E-state index in [1.807, 2.05) is 42.2 Å². The monoisotopic (exact) mass is 2470 g/mol. The predicted molar refractivity (Wildman–Crippen MR) is 399 cm³/mol. The standard InChI is InChI=1S/2C6H5NO2.C6H7N.2C3H7I.C3H8O2P.2C3H9OP.C3H8.C2H6OP.2C2H5.CH3I.CH2O3.CH3.BrH.2Cs.5HI.Mg.2V.H/c2*8-7(9)6-4-2-1-3-5-6;7-6-4-2-1-3-5-6;1-3(2)4;1-2-3-4;1-3-5-6(2)4;2*1-5(2,3)4;1-3-2;1-4(2)3;3*1-2;2-1-4-3;;;;;;;;;;;;;/h2*1-5H;1-5H,7H2;3H,1-2H3;2-3H2,1H3;3H2,1-2H3;2*1-3H3;3H2,1-2H3;1-2H3;2*1H2,2H3;1H3;1,3H;1H3;1H;;;5*1H;;;;/q;;;;;+1;;;;+1;2*-1;;;-1;;2*+1;;;;;;2*+2;+3;-1/p-7. The summed E-state index contributed by atoms with van der Waals surface area (Å²) in [6.07, 6.45) is 2.56. The number of benzene rings is 3. The largest absolute Gasteiger partial charge is 2.00 e. The van der Waals surface area contributed by atoms with Gasteiger partial charge in [0.05, 0.1) is 30.7 Å². The minimum atomic E-state index is -1.64. The molecule has 0 aliphatic heterocycles. The Morgan fingerprint density at radius 1 is 0.731 bits per heavy atom. The zero-order chi connectivity index (χ0) is 61.5. The number of rotatable bonds is 6. The topological polar surface area (TPSA) is 239 Å². The second kappa shape index (κ2) is 123. The van der Waals surface area contributed by atoms with Gasteiger partial charge >= 0.3 is 291 Å². The summed E-state index contributed by atoms with van der Waals surface area (Å²) in [4.78, 5) is 32.1. The van der Waals surface area contributed by atoms with E-state index >= 15 is 0 Å². The molecule has 1 unspecified atom stereocenters. The van der Waals surface area contributed by atoms with Crippen molar-refractivity contribution in [3.05, 3.63) is 132 Å². The number of carbonyl (C=O) groups excluding carboxylic acids is 1. The van der Waals surface area contributed by atoms with Gasteiger partial charge in [0, 0.05) is 33.9 Å². The molecule has 0 bridgehead atoms. The number of hydrogen-bond donors (Lipinski definition) is 1. The molecule has 0 amide bonds. The van der Waals surface area contributed by atoms with Crippen molar-refractivity contribution < 1.29 is 218 Å². The van der Waals surface area contributed by atoms with E-state index in [1.54, 1.807) is 110 Å². The zero-order valence-corrected chi connectivity index (χ0v) is 88.9. The third-order valence-corrected chi connectivity index (χ3v) is 4.97. The molecule has 0 radical (unpaired) electrons. The van der Waals surface area contributed by atoms with E-state index in [9.17, 15) is 38.5 Å². The van der Waals surface area contributed by atoms with Crippen molar-refractivity contribution in [1.29, 1.82) is 0 Å². The van der Waals surface area contributed by atoms with Crippen molar-refractivity contribution in [2.75, 3.05) is 81.7 Å². The van der Waals surface area contributed by atoms with Crippen molar-refractivity contribution in [2.24, 2.45) is 0 Å². The summed E-state index contributed by atoms with van der Waals surface area (Å²) in [5.74, 6) is 0. The van der Waals surface area contributed by atoms with Crippen LogP contribution in [0.2, 0.25) is 0 Å². The molecule has 3 aromatic rings. The van der Waals surface area contributed by atoms with Crippen molar-refractivity contribution in [3.8, 4) is 0 Å². The summed E-state index contributed by atoms with van der Waals surface area (Å²) in [6.45, 7) is 38.3. The van der Waals surface area contributed by atoms with Crippen molar-refractivity contribution in [2.45, 2.75) is 72.2 Å². The number of halogens is 9. The number of anilines is 1. The fourth-order valence-electron chi connectivity index (χ4n) is 1.73. The molecule has 0 heterocycles. The van der Waals surface area contributed by atoms with Crippen LogP contribution in [0, 0.1) is 41.5 Å². The van der Waals surface area contributed by atoms with Gasteiger partial charge in [-0.1, -0.05) is 168 Å². The minimum Gasteiger partial charge on any atom is 2.00 e. The van der Waals surface area contributed by atoms with Crippen LogP contribution in [0.1, 0.15) is 69.7 Å². The van der Waals surface area contributed by atoms with Gasteiger partial charge in [0.2, 0.25) is 0 Å². The number of carbonyl (C=O) groups is 1. The maximum absolute atomic E-state index is 10.2. The van der Waals surface area contributed by atoms with E-state index in [-0.39, 0.29) is 209 Å². The fourth-order valence-corrected chi connectivity index (χ4v) is 2.10. The van der Waals surface area contributed by atoms with Crippen molar-refractivity contribution >= 4 is 244 Å². The van der Waals surface area contributed by atoms with Gasteiger partial charge < -0.3 is 64.7 Å². The van der Waals surface area contributed by atoms with Crippen LogP contribution in [0.15, 0.2) is 91.0 Å². The molecule has 0 spiro atoms. The Bertz CT molecular complexity index is 1520. The van der Waals surface area contributed by atoms with E-state index in [0.29, 0.717) is 16.1 Å². The number of nitrogen functional groups attached to an aromatic ring is 1. The molecular formula is C45H89BrCs2I8MgN3O12P4V2. The SMILES string of the molecule is CC(C)I.CCC.CCCI.CCO[P+](C)=O.CI.CP(C)(C)=O.CP(C)(C)=O.C[P+](C)=O.Nc1ccccc1.O=CO[O-].O=[N+]([O-])c1ccccc1.O=[N+]([O-])c1ccccc1.[Br-].[CH2-]C.[CH2-]C.[CH3-].[Cs+].[Cs+].[H-].[I][V]([I])[I].[I][V][I].[Mg+2]. The molecular weight excluding hydrogens is 2390 g/mol. The summed E-state index contributed by atoms with van der Waals surface area (Å²) in [5, 5.41) is 28.4. The van der Waals surface area contributed by atoms with Crippen LogP contribution < -0.4 is 166 Å². The summed E-state index contributed by atoms with van der Waals surface area (Å²) in [7, 11) is -4.87. The summed E-state index contributed by atoms with van der Waals surface area (Å²) < 4.78 is 46.6. The quantitative estimate of drug-likeness (QED) is 0.0231. The Morgan fingerprint density at radius 3 is 0.936 bits per heavy atom. The van der Waals surface area contributed by atoms with Crippen molar-refractivity contribution in [3.63, 3.8) is 0 Å². The molecule has 0 fully saturated rings. The fraction of sp³-hybridized carbons (Fsp3) is 0.511. The number of nitrogens with zero attached hydrogens (tertiary/aromatic N) is 2. The number of hydrogen-bond acceptors (Lipinski definition) is 13. The predicted octanol–water partition coefficient (Wildman–Crippen LogP) is 11.3. The van der Waals surface area contributed by atoms with Gasteiger partial charge in [0.25, 0.3) is 17.8 Å². The van der Waals surface area contributed by atoms with E-state index in [1.165, 1.54) is 41.5 Å². The van der Waals surface area contributed by atoms with Gasteiger partial charge in [-0.05, 0) is 79.4 Å². The average Bonchev–Trinajstić information content (AvgIpc) is 3.29. The number of nitro groups is 2. The Balaban J connectivity index is -0.0000000290. The first kappa shape index (κ1) is 135. The second-order valence-electron chi connectivity index (χ2n) is 12.9. The summed E-state index contributed by atoms with van der Waals surface area (Å²) in [6, 6.07) is 25.4.